The van der Waals surface area contributed by atoms with Crippen molar-refractivity contribution in [1.29, 1.82) is 0 Å². The Labute approximate surface area is 215 Å². The summed E-state index contributed by atoms with van der Waals surface area (Å²) in [7, 11) is 0. The van der Waals surface area contributed by atoms with Crippen LogP contribution in [-0.2, 0) is 25.5 Å². The summed E-state index contributed by atoms with van der Waals surface area (Å²) in [4.78, 5) is 39.1. The molecule has 0 aromatic heterocycles. The Kier molecular flexibility index (Phi) is 8.61. The summed E-state index contributed by atoms with van der Waals surface area (Å²) in [5, 5.41) is 5.57. The normalized spacial score (nSPS) is 24.0. The van der Waals surface area contributed by atoms with E-state index in [-0.39, 0.29) is 54.1 Å². The first-order chi connectivity index (χ1) is 17.2. The van der Waals surface area contributed by atoms with E-state index >= 15 is 0 Å². The van der Waals surface area contributed by atoms with Crippen LogP contribution in [0.25, 0.3) is 10.8 Å². The van der Waals surface area contributed by atoms with Gasteiger partial charge >= 0.3 is 0 Å². The Morgan fingerprint density at radius 3 is 2.47 bits per heavy atom. The predicted octanol–water partition coefficient (Wildman–Crippen LogP) is 5.67. The van der Waals surface area contributed by atoms with Crippen LogP contribution in [0.15, 0.2) is 42.5 Å². The van der Waals surface area contributed by atoms with Crippen LogP contribution in [0.2, 0.25) is 0 Å². The van der Waals surface area contributed by atoms with Crippen molar-refractivity contribution in [2.75, 3.05) is 0 Å². The highest BCUT2D eigenvalue weighted by Gasteiger charge is 2.44. The molecule has 0 bridgehead atoms. The van der Waals surface area contributed by atoms with Crippen LogP contribution in [-0.4, -0.2) is 35.7 Å². The van der Waals surface area contributed by atoms with E-state index in [1.165, 1.54) is 16.3 Å². The molecule has 1 N–H and O–H groups in total. The second-order valence-corrected chi connectivity index (χ2v) is 11.5. The van der Waals surface area contributed by atoms with Crippen LogP contribution in [0.5, 0.6) is 0 Å². The van der Waals surface area contributed by atoms with Gasteiger partial charge < -0.3 is 10.1 Å². The smallest absolute Gasteiger partial charge is 0.223 e. The molecular formula is C31H41NO4. The Morgan fingerprint density at radius 2 is 1.81 bits per heavy atom. The fourth-order valence-corrected chi connectivity index (χ4v) is 5.85. The van der Waals surface area contributed by atoms with Crippen molar-refractivity contribution in [3.63, 3.8) is 0 Å². The molecule has 0 spiro atoms. The molecule has 2 aromatic carbocycles. The molecule has 1 heterocycles. The number of ether oxygens (including phenoxy) is 1. The van der Waals surface area contributed by atoms with Gasteiger partial charge in [0.15, 0.2) is 0 Å². The lowest BCUT2D eigenvalue weighted by molar-refractivity contribution is -0.132. The standard InChI is InChI=1S/C31H41NO4/c1-19(2)15-25(31(35)32-27(30-21(4)36-30)17-24-12-8-14-28(24)33)18-29(34)20(3)16-23-11-7-10-22-9-5-6-13-26(22)23/h5-7,9-11,13,19-21,24-25,27,30H,8,12,14-18H2,1-4H3,(H,32,35)/t20-,21+,24-,25+,27-,30-/m0/s1. The number of hydrogen-bond donors (Lipinski definition) is 1. The minimum Gasteiger partial charge on any atom is -0.368 e. The number of rotatable bonds is 12. The van der Waals surface area contributed by atoms with Gasteiger partial charge in [-0.2, -0.15) is 0 Å². The quantitative estimate of drug-likeness (QED) is 0.388. The molecule has 2 aromatic rings. The van der Waals surface area contributed by atoms with Gasteiger partial charge in [0.1, 0.15) is 17.7 Å². The molecule has 0 radical (unpaired) electrons. The molecule has 5 nitrogen and oxygen atoms in total. The molecule has 36 heavy (non-hydrogen) atoms. The first kappa shape index (κ1) is 26.5. The van der Waals surface area contributed by atoms with Gasteiger partial charge in [-0.25, -0.2) is 0 Å². The number of benzene rings is 2. The van der Waals surface area contributed by atoms with E-state index in [0.29, 0.717) is 37.4 Å². The molecule has 1 aliphatic carbocycles. The SMILES string of the molecule is CC(C)C[C@H](CC(=O)[C@@H](C)Cc1cccc2ccccc12)C(=O)N[C@@H](C[C@@H]1CCCC1=O)[C@H]1O[C@@H]1C. The van der Waals surface area contributed by atoms with Gasteiger partial charge in [0.2, 0.25) is 5.91 Å². The second kappa shape index (κ2) is 11.7. The zero-order chi connectivity index (χ0) is 25.8. The average Bonchev–Trinajstić information content (AvgIpc) is 3.44. The minimum absolute atomic E-state index is 0.0117. The highest BCUT2D eigenvalue weighted by atomic mass is 16.6. The molecule has 1 amide bonds. The summed E-state index contributed by atoms with van der Waals surface area (Å²) in [5.74, 6) is 0.124. The fourth-order valence-electron chi connectivity index (χ4n) is 5.85. The lowest BCUT2D eigenvalue weighted by Gasteiger charge is -2.25. The summed E-state index contributed by atoms with van der Waals surface area (Å²) in [6.07, 6.45) is 4.73. The maximum Gasteiger partial charge on any atom is 0.223 e. The van der Waals surface area contributed by atoms with E-state index in [1.54, 1.807) is 0 Å². The van der Waals surface area contributed by atoms with E-state index in [9.17, 15) is 14.4 Å². The number of ketones is 2. The van der Waals surface area contributed by atoms with E-state index in [2.05, 4.69) is 43.4 Å². The summed E-state index contributed by atoms with van der Waals surface area (Å²) in [5.41, 5.74) is 1.17. The zero-order valence-electron chi connectivity index (χ0n) is 22.2. The number of carbonyl (C=O) groups is 3. The predicted molar refractivity (Wildman–Crippen MR) is 143 cm³/mol. The molecule has 1 saturated heterocycles. The number of hydrogen-bond acceptors (Lipinski definition) is 4. The van der Waals surface area contributed by atoms with Crippen molar-refractivity contribution >= 4 is 28.2 Å². The van der Waals surface area contributed by atoms with E-state index in [4.69, 9.17) is 4.74 Å². The lowest BCUT2D eigenvalue weighted by atomic mass is 9.85. The fraction of sp³-hybridized carbons (Fsp3) is 0.581. The minimum atomic E-state index is -0.372. The van der Waals surface area contributed by atoms with Crippen LogP contribution >= 0.6 is 0 Å². The van der Waals surface area contributed by atoms with Crippen molar-refractivity contribution in [3.8, 4) is 0 Å². The Hall–Kier alpha value is -2.53. The second-order valence-electron chi connectivity index (χ2n) is 11.5. The molecular weight excluding hydrogens is 450 g/mol. The summed E-state index contributed by atoms with van der Waals surface area (Å²) >= 11 is 0. The lowest BCUT2D eigenvalue weighted by Crippen LogP contribution is -2.45. The third-order valence-corrected chi connectivity index (χ3v) is 7.98. The van der Waals surface area contributed by atoms with Gasteiger partial charge in [0.05, 0.1) is 12.1 Å². The Balaban J connectivity index is 1.41. The van der Waals surface area contributed by atoms with Gasteiger partial charge in [-0.1, -0.05) is 63.2 Å². The third kappa shape index (κ3) is 6.61. The van der Waals surface area contributed by atoms with Gasteiger partial charge in [-0.3, -0.25) is 14.4 Å². The number of carbonyl (C=O) groups excluding carboxylic acids is 3. The number of nitrogens with one attached hydrogen (secondary N) is 1. The maximum atomic E-state index is 13.5. The highest BCUT2D eigenvalue weighted by molar-refractivity contribution is 5.90. The summed E-state index contributed by atoms with van der Waals surface area (Å²) < 4.78 is 5.71. The molecule has 2 aliphatic rings. The first-order valence-electron chi connectivity index (χ1n) is 13.7. The largest absolute Gasteiger partial charge is 0.368 e. The van der Waals surface area contributed by atoms with E-state index in [1.807, 2.05) is 32.0 Å². The number of fused-ring (bicyclic) bond motifs is 1. The molecule has 6 atom stereocenters. The molecule has 194 valence electrons. The monoisotopic (exact) mass is 491 g/mol. The van der Waals surface area contributed by atoms with Crippen molar-refractivity contribution in [3.05, 3.63) is 48.0 Å². The van der Waals surface area contributed by atoms with Crippen LogP contribution in [0.4, 0.5) is 0 Å². The first-order valence-corrected chi connectivity index (χ1v) is 13.7. The van der Waals surface area contributed by atoms with Crippen LogP contribution in [0, 0.1) is 23.7 Å². The third-order valence-electron chi connectivity index (χ3n) is 7.98. The summed E-state index contributed by atoms with van der Waals surface area (Å²) in [6, 6.07) is 14.3. The molecule has 1 saturated carbocycles. The van der Waals surface area contributed by atoms with Crippen molar-refractivity contribution in [2.45, 2.75) is 90.9 Å². The van der Waals surface area contributed by atoms with Gasteiger partial charge in [-0.15, -0.1) is 0 Å². The molecule has 1 aliphatic heterocycles. The number of epoxide rings is 1. The van der Waals surface area contributed by atoms with Crippen molar-refractivity contribution in [1.82, 2.24) is 5.32 Å². The average molecular weight is 492 g/mol. The molecule has 0 unspecified atom stereocenters. The van der Waals surface area contributed by atoms with Crippen molar-refractivity contribution in [2.24, 2.45) is 23.7 Å². The highest BCUT2D eigenvalue weighted by Crippen LogP contribution is 2.33. The van der Waals surface area contributed by atoms with Crippen LogP contribution in [0.1, 0.15) is 71.8 Å². The molecule has 4 rings (SSSR count). The number of amides is 1. The van der Waals surface area contributed by atoms with Gasteiger partial charge in [-0.05, 0) is 61.3 Å². The summed E-state index contributed by atoms with van der Waals surface area (Å²) in [6.45, 7) is 8.16. The topological polar surface area (TPSA) is 75.8 Å². The van der Waals surface area contributed by atoms with Crippen LogP contribution in [0.3, 0.4) is 0 Å². The van der Waals surface area contributed by atoms with Crippen LogP contribution < -0.4 is 5.32 Å². The number of Topliss-reactive ketones (excluding diaryl/α,β-unsaturated/α-hetero) is 2. The van der Waals surface area contributed by atoms with Gasteiger partial charge in [0, 0.05) is 30.6 Å². The Morgan fingerprint density at radius 1 is 1.08 bits per heavy atom. The Bertz CT molecular complexity index is 1090. The molecule has 5 heteroatoms. The van der Waals surface area contributed by atoms with E-state index in [0.717, 1.165) is 12.8 Å². The molecule has 2 fully saturated rings. The zero-order valence-corrected chi connectivity index (χ0v) is 22.2. The van der Waals surface area contributed by atoms with E-state index < -0.39 is 0 Å². The maximum absolute atomic E-state index is 13.5. The van der Waals surface area contributed by atoms with Crippen molar-refractivity contribution < 1.29 is 19.1 Å². The van der Waals surface area contributed by atoms with Gasteiger partial charge in [0.25, 0.3) is 0 Å².